The Hall–Kier alpha value is -2.38. The Labute approximate surface area is 215 Å². The first-order valence-electron chi connectivity index (χ1n) is 11.3. The molecule has 1 saturated heterocycles. The van der Waals surface area contributed by atoms with E-state index in [1.54, 1.807) is 0 Å². The van der Waals surface area contributed by atoms with Gasteiger partial charge < -0.3 is 5.32 Å². The van der Waals surface area contributed by atoms with Gasteiger partial charge in [-0.05, 0) is 43.0 Å². The zero-order valence-electron chi connectivity index (χ0n) is 19.0. The number of aromatic nitrogens is 2. The molecule has 5 rings (SSSR count). The van der Waals surface area contributed by atoms with E-state index >= 15 is 0 Å². The van der Waals surface area contributed by atoms with Crippen molar-refractivity contribution in [3.8, 4) is 0 Å². The quantitative estimate of drug-likeness (QED) is 0.347. The van der Waals surface area contributed by atoms with Crippen molar-refractivity contribution in [3.05, 3.63) is 87.4 Å². The predicted octanol–water partition coefficient (Wildman–Crippen LogP) is 5.92. The number of likely N-dealkylation sites (tertiary alicyclic amines) is 1. The van der Waals surface area contributed by atoms with Crippen molar-refractivity contribution in [2.45, 2.75) is 38.9 Å². The average molecular weight is 516 g/mol. The molecule has 1 aliphatic rings. The van der Waals surface area contributed by atoms with Gasteiger partial charge in [0.2, 0.25) is 0 Å². The van der Waals surface area contributed by atoms with Crippen molar-refractivity contribution in [1.82, 2.24) is 20.0 Å². The third-order valence-electron chi connectivity index (χ3n) is 6.28. The number of thiophene rings is 1. The topological polar surface area (TPSA) is 50.2 Å². The van der Waals surface area contributed by atoms with Gasteiger partial charge in [-0.1, -0.05) is 60.1 Å². The number of fused-ring (bicyclic) bond motifs is 1. The fourth-order valence-electron chi connectivity index (χ4n) is 4.45. The number of halogens is 2. The number of nitrogens with zero attached hydrogens (tertiary/aromatic N) is 3. The molecular formula is C26H28Cl2N4OS. The molecule has 0 saturated carbocycles. The minimum Gasteiger partial charge on any atom is -0.349 e. The van der Waals surface area contributed by atoms with Gasteiger partial charge in [-0.25, -0.2) is 0 Å². The van der Waals surface area contributed by atoms with E-state index in [4.69, 9.17) is 11.6 Å². The number of piperidine rings is 1. The molecule has 1 amide bonds. The number of benzene rings is 2. The van der Waals surface area contributed by atoms with Crippen LogP contribution in [0.5, 0.6) is 0 Å². The monoisotopic (exact) mass is 514 g/mol. The van der Waals surface area contributed by atoms with E-state index in [1.807, 2.05) is 41.9 Å². The zero-order chi connectivity index (χ0) is 22.8. The van der Waals surface area contributed by atoms with Crippen LogP contribution in [0, 0.1) is 6.92 Å². The highest BCUT2D eigenvalue weighted by Crippen LogP contribution is 2.30. The number of hydrogen-bond donors (Lipinski definition) is 1. The van der Waals surface area contributed by atoms with Crippen molar-refractivity contribution >= 4 is 51.5 Å². The van der Waals surface area contributed by atoms with E-state index < -0.39 is 0 Å². The Bertz CT molecular complexity index is 1260. The number of carbonyl (C=O) groups is 1. The molecule has 0 radical (unpaired) electrons. The Morgan fingerprint density at radius 3 is 2.53 bits per heavy atom. The molecule has 1 N–H and O–H groups in total. The lowest BCUT2D eigenvalue weighted by Crippen LogP contribution is -2.44. The molecule has 5 nitrogen and oxygen atoms in total. The molecule has 4 aromatic rings. The summed E-state index contributed by atoms with van der Waals surface area (Å²) >= 11 is 7.85. The summed E-state index contributed by atoms with van der Waals surface area (Å²) in [5.74, 6) is 0.0152. The van der Waals surface area contributed by atoms with Gasteiger partial charge in [0.15, 0.2) is 0 Å². The summed E-state index contributed by atoms with van der Waals surface area (Å²) in [5.41, 5.74) is 3.29. The maximum absolute atomic E-state index is 13.0. The number of hydrogen-bond acceptors (Lipinski definition) is 4. The van der Waals surface area contributed by atoms with Gasteiger partial charge in [-0.2, -0.15) is 5.10 Å². The van der Waals surface area contributed by atoms with Crippen LogP contribution >= 0.6 is 35.3 Å². The van der Waals surface area contributed by atoms with Crippen LogP contribution in [0.1, 0.15) is 39.3 Å². The van der Waals surface area contributed by atoms with Crippen molar-refractivity contribution in [3.63, 3.8) is 0 Å². The summed E-state index contributed by atoms with van der Waals surface area (Å²) < 4.78 is 1.95. The van der Waals surface area contributed by atoms with Crippen LogP contribution < -0.4 is 5.32 Å². The van der Waals surface area contributed by atoms with Gasteiger partial charge in [-0.3, -0.25) is 14.4 Å². The van der Waals surface area contributed by atoms with Gasteiger partial charge in [-0.15, -0.1) is 23.7 Å². The molecule has 1 aliphatic heterocycles. The van der Waals surface area contributed by atoms with Gasteiger partial charge in [0.25, 0.3) is 5.91 Å². The fourth-order valence-corrected chi connectivity index (χ4v) is 5.71. The molecule has 2 aromatic carbocycles. The summed E-state index contributed by atoms with van der Waals surface area (Å²) in [5, 5.41) is 9.70. The van der Waals surface area contributed by atoms with E-state index in [9.17, 15) is 4.79 Å². The molecule has 3 heterocycles. The van der Waals surface area contributed by atoms with Crippen molar-refractivity contribution in [2.75, 3.05) is 13.1 Å². The van der Waals surface area contributed by atoms with Crippen LogP contribution in [0.25, 0.3) is 10.2 Å². The summed E-state index contributed by atoms with van der Waals surface area (Å²) in [7, 11) is 0. The predicted molar refractivity (Wildman–Crippen MR) is 142 cm³/mol. The highest BCUT2D eigenvalue weighted by atomic mass is 35.5. The van der Waals surface area contributed by atoms with E-state index in [0.717, 1.165) is 63.8 Å². The van der Waals surface area contributed by atoms with E-state index in [-0.39, 0.29) is 24.4 Å². The maximum Gasteiger partial charge on any atom is 0.261 e. The van der Waals surface area contributed by atoms with Crippen LogP contribution in [-0.2, 0) is 13.1 Å². The third kappa shape index (κ3) is 5.47. The van der Waals surface area contributed by atoms with E-state index in [2.05, 4.69) is 45.6 Å². The highest BCUT2D eigenvalue weighted by molar-refractivity contribution is 7.20. The summed E-state index contributed by atoms with van der Waals surface area (Å²) in [6.45, 7) is 5.54. The molecule has 0 bridgehead atoms. The Balaban J connectivity index is 0.00000274. The molecule has 0 aliphatic carbocycles. The second-order valence-corrected chi connectivity index (χ2v) is 10.1. The van der Waals surface area contributed by atoms with E-state index in [0.29, 0.717) is 6.54 Å². The van der Waals surface area contributed by atoms with Crippen LogP contribution in [-0.4, -0.2) is 39.7 Å². The third-order valence-corrected chi connectivity index (χ3v) is 7.80. The van der Waals surface area contributed by atoms with Gasteiger partial charge in [0, 0.05) is 36.1 Å². The largest absolute Gasteiger partial charge is 0.349 e. The Morgan fingerprint density at radius 2 is 1.79 bits per heavy atom. The number of rotatable bonds is 6. The average Bonchev–Trinajstić information content (AvgIpc) is 3.39. The molecule has 2 aromatic heterocycles. The zero-order valence-corrected chi connectivity index (χ0v) is 21.4. The van der Waals surface area contributed by atoms with Crippen molar-refractivity contribution in [2.24, 2.45) is 0 Å². The molecule has 34 heavy (non-hydrogen) atoms. The lowest BCUT2D eigenvalue weighted by atomic mass is 10.0. The van der Waals surface area contributed by atoms with Crippen molar-refractivity contribution < 1.29 is 4.79 Å². The normalized spacial score (nSPS) is 14.8. The molecule has 1 fully saturated rings. The summed E-state index contributed by atoms with van der Waals surface area (Å²) in [4.78, 5) is 17.2. The Kier molecular flexibility index (Phi) is 7.94. The maximum atomic E-state index is 13.0. The fraction of sp³-hybridized carbons (Fsp3) is 0.308. The molecule has 0 atom stereocenters. The first-order chi connectivity index (χ1) is 16.1. The molecule has 178 valence electrons. The minimum absolute atomic E-state index is 0. The highest BCUT2D eigenvalue weighted by Gasteiger charge is 2.23. The smallest absolute Gasteiger partial charge is 0.261 e. The SMILES string of the molecule is Cc1nn(Cc2ccccc2Cl)c2sc(C(=O)NC3CCN(Cc4ccccc4)CC3)cc12.Cl. The Morgan fingerprint density at radius 1 is 1.09 bits per heavy atom. The molecule has 0 unspecified atom stereocenters. The minimum atomic E-state index is 0. The number of aryl methyl sites for hydroxylation is 1. The first kappa shape index (κ1) is 24.7. The molecule has 0 spiro atoms. The van der Waals surface area contributed by atoms with Crippen molar-refractivity contribution in [1.29, 1.82) is 0 Å². The number of nitrogens with one attached hydrogen (secondary N) is 1. The van der Waals surface area contributed by atoms with Crippen LogP contribution in [0.15, 0.2) is 60.7 Å². The van der Waals surface area contributed by atoms with Crippen LogP contribution in [0.4, 0.5) is 0 Å². The summed E-state index contributed by atoms with van der Waals surface area (Å²) in [6.07, 6.45) is 1.95. The second kappa shape index (κ2) is 10.9. The molecular weight excluding hydrogens is 487 g/mol. The number of amides is 1. The second-order valence-electron chi connectivity index (χ2n) is 8.67. The van der Waals surface area contributed by atoms with E-state index in [1.165, 1.54) is 16.9 Å². The first-order valence-corrected chi connectivity index (χ1v) is 12.5. The summed E-state index contributed by atoms with van der Waals surface area (Å²) in [6, 6.07) is 20.6. The van der Waals surface area contributed by atoms with Crippen LogP contribution in [0.2, 0.25) is 5.02 Å². The van der Waals surface area contributed by atoms with Gasteiger partial charge in [0.05, 0.1) is 17.1 Å². The van der Waals surface area contributed by atoms with Gasteiger partial charge >= 0.3 is 0 Å². The standard InChI is InChI=1S/C26H27ClN4OS.ClH/c1-18-22-15-24(33-26(22)31(29-18)17-20-9-5-6-10-23(20)27)25(32)28-21-11-13-30(14-12-21)16-19-7-3-2-4-8-19;/h2-10,15,21H,11-14,16-17H2,1H3,(H,28,32);1H. The van der Waals surface area contributed by atoms with Gasteiger partial charge in [0.1, 0.15) is 4.83 Å². The lowest BCUT2D eigenvalue weighted by molar-refractivity contribution is 0.0913. The van der Waals surface area contributed by atoms with Crippen LogP contribution in [0.3, 0.4) is 0 Å². The lowest BCUT2D eigenvalue weighted by Gasteiger charge is -2.32. The number of carbonyl (C=O) groups excluding carboxylic acids is 1. The molecule has 8 heteroatoms.